The van der Waals surface area contributed by atoms with Gasteiger partial charge >= 0.3 is 0 Å². The van der Waals surface area contributed by atoms with Crippen molar-refractivity contribution in [2.24, 2.45) is 0 Å². The topological polar surface area (TPSA) is 12.9 Å². The molecule has 2 rings (SSSR count). The number of pyridine rings is 1. The lowest BCUT2D eigenvalue weighted by atomic mass is 9.97. The highest BCUT2D eigenvalue weighted by molar-refractivity contribution is 5.82. The maximum Gasteiger partial charge on any atom is 0.0708 e. The second-order valence-electron chi connectivity index (χ2n) is 4.96. The zero-order valence-electron chi connectivity index (χ0n) is 10.5. The van der Waals surface area contributed by atoms with Gasteiger partial charge in [0.05, 0.1) is 5.52 Å². The summed E-state index contributed by atoms with van der Waals surface area (Å²) in [6.45, 7) is 8.82. The first-order chi connectivity index (χ1) is 7.59. The molecule has 2 aromatic rings. The normalized spacial score (nSPS) is 11.6. The van der Waals surface area contributed by atoms with Crippen LogP contribution in [-0.4, -0.2) is 4.98 Å². The van der Waals surface area contributed by atoms with E-state index in [1.54, 1.807) is 0 Å². The van der Waals surface area contributed by atoms with E-state index < -0.39 is 0 Å². The Morgan fingerprint density at radius 3 is 2.25 bits per heavy atom. The van der Waals surface area contributed by atoms with Crippen LogP contribution in [0, 0.1) is 0 Å². The second kappa shape index (κ2) is 4.25. The Labute approximate surface area is 97.5 Å². The number of nitrogens with zero attached hydrogens (tertiary/aromatic N) is 1. The van der Waals surface area contributed by atoms with Gasteiger partial charge in [0.2, 0.25) is 0 Å². The van der Waals surface area contributed by atoms with Crippen LogP contribution in [0.3, 0.4) is 0 Å². The standard InChI is InChI=1S/C15H19N/c1-10(2)12-6-5-7-15-13(12)8-9-14(16-15)11(3)4/h5-11H,1-4H3. The quantitative estimate of drug-likeness (QED) is 0.716. The zero-order chi connectivity index (χ0) is 11.7. The largest absolute Gasteiger partial charge is 0.253 e. The monoisotopic (exact) mass is 213 g/mol. The Morgan fingerprint density at radius 2 is 1.62 bits per heavy atom. The van der Waals surface area contributed by atoms with Gasteiger partial charge in [0.15, 0.2) is 0 Å². The average Bonchev–Trinajstić information content (AvgIpc) is 2.27. The van der Waals surface area contributed by atoms with Gasteiger partial charge in [-0.1, -0.05) is 45.9 Å². The van der Waals surface area contributed by atoms with E-state index in [2.05, 4.69) is 58.0 Å². The molecule has 1 aromatic heterocycles. The Hall–Kier alpha value is -1.37. The lowest BCUT2D eigenvalue weighted by molar-refractivity contribution is 0.828. The Kier molecular flexibility index (Phi) is 2.95. The van der Waals surface area contributed by atoms with Gasteiger partial charge in [-0.05, 0) is 29.5 Å². The SMILES string of the molecule is CC(C)c1ccc2c(C(C)C)cccc2n1. The Morgan fingerprint density at radius 1 is 0.875 bits per heavy atom. The smallest absolute Gasteiger partial charge is 0.0708 e. The highest BCUT2D eigenvalue weighted by atomic mass is 14.7. The molecule has 0 aliphatic heterocycles. The molecule has 1 heteroatoms. The summed E-state index contributed by atoms with van der Waals surface area (Å²) in [6, 6.07) is 10.8. The van der Waals surface area contributed by atoms with Gasteiger partial charge < -0.3 is 0 Å². The van der Waals surface area contributed by atoms with Crippen LogP contribution >= 0.6 is 0 Å². The maximum absolute atomic E-state index is 4.72. The van der Waals surface area contributed by atoms with Crippen molar-refractivity contribution < 1.29 is 0 Å². The van der Waals surface area contributed by atoms with Crippen molar-refractivity contribution in [2.75, 3.05) is 0 Å². The third-order valence-corrected chi connectivity index (χ3v) is 3.00. The number of fused-ring (bicyclic) bond motifs is 1. The van der Waals surface area contributed by atoms with Crippen LogP contribution in [0.2, 0.25) is 0 Å². The second-order valence-corrected chi connectivity index (χ2v) is 4.96. The number of benzene rings is 1. The highest BCUT2D eigenvalue weighted by Crippen LogP contribution is 2.25. The Balaban J connectivity index is 2.64. The van der Waals surface area contributed by atoms with E-state index in [9.17, 15) is 0 Å². The molecule has 84 valence electrons. The lowest BCUT2D eigenvalue weighted by Gasteiger charge is -2.11. The van der Waals surface area contributed by atoms with Crippen molar-refractivity contribution >= 4 is 10.9 Å². The fourth-order valence-electron chi connectivity index (χ4n) is 2.02. The molecule has 16 heavy (non-hydrogen) atoms. The molecule has 0 saturated heterocycles. The first-order valence-electron chi connectivity index (χ1n) is 5.99. The van der Waals surface area contributed by atoms with E-state index in [1.807, 2.05) is 0 Å². The van der Waals surface area contributed by atoms with E-state index in [4.69, 9.17) is 4.98 Å². The van der Waals surface area contributed by atoms with Crippen LogP contribution in [0.25, 0.3) is 10.9 Å². The van der Waals surface area contributed by atoms with E-state index in [0.717, 1.165) is 5.52 Å². The minimum atomic E-state index is 0.493. The first-order valence-corrected chi connectivity index (χ1v) is 5.99. The number of hydrogen-bond donors (Lipinski definition) is 0. The summed E-state index contributed by atoms with van der Waals surface area (Å²) in [5.41, 5.74) is 3.69. The molecule has 0 radical (unpaired) electrons. The number of hydrogen-bond acceptors (Lipinski definition) is 1. The van der Waals surface area contributed by atoms with Gasteiger partial charge in [0.1, 0.15) is 0 Å². The van der Waals surface area contributed by atoms with E-state index in [1.165, 1.54) is 16.6 Å². The van der Waals surface area contributed by atoms with Gasteiger partial charge in [-0.15, -0.1) is 0 Å². The van der Waals surface area contributed by atoms with Crippen molar-refractivity contribution in [1.29, 1.82) is 0 Å². The molecule has 0 spiro atoms. The summed E-state index contributed by atoms with van der Waals surface area (Å²) in [6.07, 6.45) is 0. The van der Waals surface area contributed by atoms with Crippen LogP contribution in [0.4, 0.5) is 0 Å². The Bertz CT molecular complexity index is 498. The molecule has 0 aliphatic carbocycles. The molecule has 0 fully saturated rings. The summed E-state index contributed by atoms with van der Waals surface area (Å²) >= 11 is 0. The van der Waals surface area contributed by atoms with Gasteiger partial charge in [0, 0.05) is 11.1 Å². The predicted octanol–water partition coefficient (Wildman–Crippen LogP) is 4.48. The molecule has 0 bridgehead atoms. The number of aromatic nitrogens is 1. The van der Waals surface area contributed by atoms with Crippen molar-refractivity contribution in [3.63, 3.8) is 0 Å². The van der Waals surface area contributed by atoms with Crippen LogP contribution in [0.1, 0.15) is 50.8 Å². The van der Waals surface area contributed by atoms with Gasteiger partial charge in [0.25, 0.3) is 0 Å². The molecule has 0 saturated carbocycles. The molecule has 0 atom stereocenters. The number of rotatable bonds is 2. The predicted molar refractivity (Wildman–Crippen MR) is 69.9 cm³/mol. The fraction of sp³-hybridized carbons (Fsp3) is 0.400. The van der Waals surface area contributed by atoms with Gasteiger partial charge in [-0.3, -0.25) is 4.98 Å². The third kappa shape index (κ3) is 1.95. The van der Waals surface area contributed by atoms with Gasteiger partial charge in [-0.2, -0.15) is 0 Å². The molecule has 1 heterocycles. The molecular weight excluding hydrogens is 194 g/mol. The minimum absolute atomic E-state index is 0.493. The first kappa shape index (κ1) is 11.1. The van der Waals surface area contributed by atoms with E-state index in [0.29, 0.717) is 11.8 Å². The summed E-state index contributed by atoms with van der Waals surface area (Å²) in [5.74, 6) is 1.04. The summed E-state index contributed by atoms with van der Waals surface area (Å²) in [5, 5.41) is 1.29. The summed E-state index contributed by atoms with van der Waals surface area (Å²) in [4.78, 5) is 4.72. The van der Waals surface area contributed by atoms with Crippen molar-refractivity contribution in [2.45, 2.75) is 39.5 Å². The maximum atomic E-state index is 4.72. The molecule has 1 aromatic carbocycles. The summed E-state index contributed by atoms with van der Waals surface area (Å²) < 4.78 is 0. The average molecular weight is 213 g/mol. The van der Waals surface area contributed by atoms with Crippen molar-refractivity contribution in [3.8, 4) is 0 Å². The zero-order valence-corrected chi connectivity index (χ0v) is 10.5. The van der Waals surface area contributed by atoms with E-state index in [-0.39, 0.29) is 0 Å². The highest BCUT2D eigenvalue weighted by Gasteiger charge is 2.07. The van der Waals surface area contributed by atoms with Gasteiger partial charge in [-0.25, -0.2) is 0 Å². The van der Waals surface area contributed by atoms with Crippen LogP contribution < -0.4 is 0 Å². The fourth-order valence-corrected chi connectivity index (χ4v) is 2.02. The third-order valence-electron chi connectivity index (χ3n) is 3.00. The van der Waals surface area contributed by atoms with Crippen molar-refractivity contribution in [1.82, 2.24) is 4.98 Å². The molecule has 0 unspecified atom stereocenters. The molecule has 0 amide bonds. The molecular formula is C15H19N. The molecule has 0 aliphatic rings. The van der Waals surface area contributed by atoms with Crippen LogP contribution in [-0.2, 0) is 0 Å². The summed E-state index contributed by atoms with van der Waals surface area (Å²) in [7, 11) is 0. The minimum Gasteiger partial charge on any atom is -0.253 e. The van der Waals surface area contributed by atoms with Crippen LogP contribution in [0.15, 0.2) is 30.3 Å². The van der Waals surface area contributed by atoms with Crippen LogP contribution in [0.5, 0.6) is 0 Å². The van der Waals surface area contributed by atoms with Crippen molar-refractivity contribution in [3.05, 3.63) is 41.6 Å². The molecule has 0 N–H and O–H groups in total. The van der Waals surface area contributed by atoms with E-state index >= 15 is 0 Å². The molecule has 1 nitrogen and oxygen atoms in total. The lowest BCUT2D eigenvalue weighted by Crippen LogP contribution is -1.95.